The van der Waals surface area contributed by atoms with Crippen molar-refractivity contribution in [2.24, 2.45) is 11.7 Å². The topological polar surface area (TPSA) is 29.3 Å². The Labute approximate surface area is 104 Å². The molecule has 17 heavy (non-hydrogen) atoms. The molecule has 0 radical (unpaired) electrons. The zero-order valence-corrected chi connectivity index (χ0v) is 11.4. The van der Waals surface area contributed by atoms with Crippen LogP contribution in [0.25, 0.3) is 0 Å². The second kappa shape index (κ2) is 5.50. The van der Waals surface area contributed by atoms with E-state index in [1.165, 1.54) is 6.07 Å². The molecule has 0 saturated heterocycles. The minimum atomic E-state index is -0.298. The summed E-state index contributed by atoms with van der Waals surface area (Å²) in [6, 6.07) is 5.18. The highest BCUT2D eigenvalue weighted by molar-refractivity contribution is 5.55. The highest BCUT2D eigenvalue weighted by atomic mass is 19.1. The van der Waals surface area contributed by atoms with E-state index in [1.807, 2.05) is 20.0 Å². The van der Waals surface area contributed by atoms with Gasteiger partial charge in [0, 0.05) is 30.4 Å². The normalized spacial score (nSPS) is 14.8. The number of benzene rings is 1. The third-order valence-electron chi connectivity index (χ3n) is 3.44. The molecule has 0 bridgehead atoms. The van der Waals surface area contributed by atoms with Crippen molar-refractivity contribution in [3.05, 3.63) is 29.6 Å². The van der Waals surface area contributed by atoms with E-state index in [-0.39, 0.29) is 11.9 Å². The molecule has 0 amide bonds. The third-order valence-corrected chi connectivity index (χ3v) is 3.44. The van der Waals surface area contributed by atoms with Gasteiger partial charge in [0.15, 0.2) is 0 Å². The van der Waals surface area contributed by atoms with Crippen LogP contribution in [0.15, 0.2) is 18.2 Å². The van der Waals surface area contributed by atoms with Gasteiger partial charge in [-0.15, -0.1) is 0 Å². The average Bonchev–Trinajstić information content (AvgIpc) is 2.25. The molecule has 2 atom stereocenters. The molecule has 0 saturated carbocycles. The quantitative estimate of drug-likeness (QED) is 0.871. The number of nitrogens with zero attached hydrogens (tertiary/aromatic N) is 1. The first-order valence-corrected chi connectivity index (χ1v) is 6.13. The highest BCUT2D eigenvalue weighted by Crippen LogP contribution is 2.29. The summed E-state index contributed by atoms with van der Waals surface area (Å²) in [7, 11) is 1.99. The summed E-state index contributed by atoms with van der Waals surface area (Å²) in [5.74, 6) is 0.282. The Morgan fingerprint density at radius 1 is 1.18 bits per heavy atom. The van der Waals surface area contributed by atoms with Gasteiger partial charge in [-0.2, -0.15) is 0 Å². The summed E-state index contributed by atoms with van der Waals surface area (Å²) >= 11 is 0. The van der Waals surface area contributed by atoms with Crippen LogP contribution >= 0.6 is 0 Å². The second-order valence-corrected chi connectivity index (χ2v) is 5.06. The number of hydrogen-bond acceptors (Lipinski definition) is 2. The Hall–Kier alpha value is -1.09. The Bertz CT molecular complexity index is 374. The van der Waals surface area contributed by atoms with Crippen LogP contribution < -0.4 is 10.6 Å². The molecular formula is C14H23FN2. The predicted octanol–water partition coefficient (Wildman–Crippen LogP) is 3.33. The lowest BCUT2D eigenvalue weighted by Gasteiger charge is -2.32. The van der Waals surface area contributed by atoms with Gasteiger partial charge in [0.1, 0.15) is 5.82 Å². The molecule has 3 heteroatoms. The molecule has 0 aliphatic heterocycles. The van der Waals surface area contributed by atoms with Crippen molar-refractivity contribution in [2.45, 2.75) is 39.8 Å². The first-order chi connectivity index (χ1) is 7.86. The summed E-state index contributed by atoms with van der Waals surface area (Å²) in [6.45, 7) is 8.27. The van der Waals surface area contributed by atoms with Gasteiger partial charge >= 0.3 is 0 Å². The lowest BCUT2D eigenvalue weighted by Crippen LogP contribution is -2.34. The van der Waals surface area contributed by atoms with Crippen LogP contribution in [0.5, 0.6) is 0 Å². The summed E-state index contributed by atoms with van der Waals surface area (Å²) < 4.78 is 13.8. The van der Waals surface area contributed by atoms with Gasteiger partial charge in [-0.3, -0.25) is 0 Å². The lowest BCUT2D eigenvalue weighted by molar-refractivity contribution is 0.501. The van der Waals surface area contributed by atoms with Crippen LogP contribution in [0, 0.1) is 11.7 Å². The fourth-order valence-corrected chi connectivity index (χ4v) is 1.95. The minimum Gasteiger partial charge on any atom is -0.371 e. The minimum absolute atomic E-state index is 0.222. The van der Waals surface area contributed by atoms with Crippen LogP contribution in [0.2, 0.25) is 0 Å². The lowest BCUT2D eigenvalue weighted by atomic mass is 10.0. The number of anilines is 1. The Morgan fingerprint density at radius 2 is 1.76 bits per heavy atom. The summed E-state index contributed by atoms with van der Waals surface area (Å²) in [5, 5.41) is 0. The number of nitrogens with two attached hydrogens (primary N) is 1. The smallest absolute Gasteiger partial charge is 0.130 e. The van der Waals surface area contributed by atoms with E-state index in [2.05, 4.69) is 25.7 Å². The van der Waals surface area contributed by atoms with Crippen molar-refractivity contribution in [3.63, 3.8) is 0 Å². The molecule has 1 rings (SSSR count). The zero-order chi connectivity index (χ0) is 13.2. The molecular weight excluding hydrogens is 215 g/mol. The van der Waals surface area contributed by atoms with Crippen molar-refractivity contribution in [1.29, 1.82) is 0 Å². The molecule has 0 fully saturated rings. The van der Waals surface area contributed by atoms with Crippen molar-refractivity contribution in [2.75, 3.05) is 11.9 Å². The molecule has 2 N–H and O–H groups in total. The maximum Gasteiger partial charge on any atom is 0.130 e. The number of halogens is 1. The van der Waals surface area contributed by atoms with Gasteiger partial charge < -0.3 is 10.6 Å². The van der Waals surface area contributed by atoms with Gasteiger partial charge in [-0.1, -0.05) is 19.9 Å². The van der Waals surface area contributed by atoms with E-state index in [1.54, 1.807) is 6.07 Å². The maximum absolute atomic E-state index is 13.8. The van der Waals surface area contributed by atoms with E-state index in [4.69, 9.17) is 5.73 Å². The Kier molecular flexibility index (Phi) is 4.52. The van der Waals surface area contributed by atoms with Gasteiger partial charge in [0.05, 0.1) is 0 Å². The third kappa shape index (κ3) is 2.97. The van der Waals surface area contributed by atoms with Crippen LogP contribution in [0.3, 0.4) is 0 Å². The van der Waals surface area contributed by atoms with Crippen LogP contribution in [0.1, 0.15) is 39.3 Å². The van der Waals surface area contributed by atoms with Gasteiger partial charge in [-0.25, -0.2) is 4.39 Å². The van der Waals surface area contributed by atoms with E-state index >= 15 is 0 Å². The number of hydrogen-bond donors (Lipinski definition) is 1. The molecule has 1 aromatic carbocycles. The van der Waals surface area contributed by atoms with Crippen molar-refractivity contribution in [3.8, 4) is 0 Å². The van der Waals surface area contributed by atoms with E-state index < -0.39 is 0 Å². The van der Waals surface area contributed by atoms with E-state index in [9.17, 15) is 4.39 Å². The van der Waals surface area contributed by atoms with Crippen molar-refractivity contribution < 1.29 is 4.39 Å². The molecule has 1 aromatic rings. The summed E-state index contributed by atoms with van der Waals surface area (Å²) in [4.78, 5) is 2.10. The monoisotopic (exact) mass is 238 g/mol. The Balaban J connectivity index is 3.17. The van der Waals surface area contributed by atoms with E-state index in [0.29, 0.717) is 17.5 Å². The first-order valence-electron chi connectivity index (χ1n) is 6.13. The molecule has 0 aliphatic rings. The summed E-state index contributed by atoms with van der Waals surface area (Å²) in [6.07, 6.45) is 0. The molecule has 0 heterocycles. The van der Waals surface area contributed by atoms with Crippen LogP contribution in [0.4, 0.5) is 10.1 Å². The SMILES string of the molecule is CC(C)C(C)N(C)c1cccc(F)c1[C@H](C)N. The number of rotatable bonds is 4. The fraction of sp³-hybridized carbons (Fsp3) is 0.571. The zero-order valence-electron chi connectivity index (χ0n) is 11.4. The van der Waals surface area contributed by atoms with Crippen LogP contribution in [-0.4, -0.2) is 13.1 Å². The van der Waals surface area contributed by atoms with Crippen molar-refractivity contribution >= 4 is 5.69 Å². The molecule has 96 valence electrons. The fourth-order valence-electron chi connectivity index (χ4n) is 1.95. The highest BCUT2D eigenvalue weighted by Gasteiger charge is 2.20. The van der Waals surface area contributed by atoms with E-state index in [0.717, 1.165) is 5.69 Å². The standard InChI is InChI=1S/C14H23FN2/c1-9(2)11(4)17(5)13-8-6-7-12(15)14(13)10(3)16/h6-11H,16H2,1-5H3/t10-,11?/m0/s1. The average molecular weight is 238 g/mol. The first kappa shape index (κ1) is 14.0. The van der Waals surface area contributed by atoms with Gasteiger partial charge in [0.25, 0.3) is 0 Å². The molecule has 2 nitrogen and oxygen atoms in total. The Morgan fingerprint density at radius 3 is 2.24 bits per heavy atom. The maximum atomic E-state index is 13.8. The molecule has 0 spiro atoms. The molecule has 1 unspecified atom stereocenters. The molecule has 0 aromatic heterocycles. The largest absolute Gasteiger partial charge is 0.371 e. The van der Waals surface area contributed by atoms with Crippen molar-refractivity contribution in [1.82, 2.24) is 0 Å². The second-order valence-electron chi connectivity index (χ2n) is 5.06. The predicted molar refractivity (Wildman–Crippen MR) is 71.7 cm³/mol. The molecule has 0 aliphatic carbocycles. The summed E-state index contributed by atoms with van der Waals surface area (Å²) in [5.41, 5.74) is 7.35. The van der Waals surface area contributed by atoms with Gasteiger partial charge in [0.2, 0.25) is 0 Å². The van der Waals surface area contributed by atoms with Gasteiger partial charge in [-0.05, 0) is 31.9 Å². The van der Waals surface area contributed by atoms with Crippen LogP contribution in [-0.2, 0) is 0 Å².